The van der Waals surface area contributed by atoms with Crippen LogP contribution in [0.4, 0.5) is 15.8 Å². The van der Waals surface area contributed by atoms with E-state index >= 15 is 0 Å². The quantitative estimate of drug-likeness (QED) is 0.499. The van der Waals surface area contributed by atoms with Crippen molar-refractivity contribution in [3.05, 3.63) is 60.1 Å². The topological polar surface area (TPSA) is 87.5 Å². The first-order valence-corrected chi connectivity index (χ1v) is 11.2. The molecule has 0 radical (unpaired) electrons. The fourth-order valence-electron chi connectivity index (χ4n) is 4.55. The first-order chi connectivity index (χ1) is 15.9. The number of nitrogens with one attached hydrogen (secondary N) is 2. The molecule has 1 fully saturated rings. The fourth-order valence-corrected chi connectivity index (χ4v) is 4.55. The molecular formula is C24H26FN7O. The lowest BCUT2D eigenvalue weighted by atomic mass is 10.1. The van der Waals surface area contributed by atoms with E-state index in [9.17, 15) is 9.18 Å². The molecule has 3 aromatic heterocycles. The molecule has 0 bridgehead atoms. The molecule has 2 N–H and O–H groups in total. The monoisotopic (exact) mass is 447 g/mol. The van der Waals surface area contributed by atoms with Crippen LogP contribution in [-0.4, -0.2) is 50.4 Å². The van der Waals surface area contributed by atoms with Crippen molar-refractivity contribution >= 4 is 34.0 Å². The number of anilines is 2. The normalized spacial score (nSPS) is 18.7. The van der Waals surface area contributed by atoms with Crippen molar-refractivity contribution in [2.45, 2.75) is 39.3 Å². The van der Waals surface area contributed by atoms with E-state index in [0.717, 1.165) is 24.5 Å². The predicted octanol–water partition coefficient (Wildman–Crippen LogP) is 3.42. The average Bonchev–Trinajstić information content (AvgIpc) is 3.21. The van der Waals surface area contributed by atoms with Crippen molar-refractivity contribution in [1.82, 2.24) is 24.7 Å². The van der Waals surface area contributed by atoms with Gasteiger partial charge in [0.25, 0.3) is 5.91 Å². The van der Waals surface area contributed by atoms with Crippen LogP contribution in [0, 0.1) is 5.82 Å². The molecule has 1 saturated heterocycles. The van der Waals surface area contributed by atoms with Crippen molar-refractivity contribution in [1.29, 1.82) is 0 Å². The summed E-state index contributed by atoms with van der Waals surface area (Å²) < 4.78 is 16.2. The largest absolute Gasteiger partial charge is 0.367 e. The van der Waals surface area contributed by atoms with Gasteiger partial charge in [-0.25, -0.2) is 9.37 Å². The Morgan fingerprint density at radius 1 is 1.15 bits per heavy atom. The lowest BCUT2D eigenvalue weighted by molar-refractivity contribution is 0.102. The summed E-state index contributed by atoms with van der Waals surface area (Å²) in [6.07, 6.45) is 7.34. The number of carbonyl (C=O) groups is 1. The molecular weight excluding hydrogens is 421 g/mol. The number of carbonyl (C=O) groups excluding carboxylic acids is 1. The van der Waals surface area contributed by atoms with E-state index in [1.165, 1.54) is 6.07 Å². The second-order valence-electron chi connectivity index (χ2n) is 8.61. The number of hydrogen-bond donors (Lipinski definition) is 2. The summed E-state index contributed by atoms with van der Waals surface area (Å²) in [5.74, 6) is -0.863. The minimum Gasteiger partial charge on any atom is -0.367 e. The number of amides is 1. The molecule has 33 heavy (non-hydrogen) atoms. The van der Waals surface area contributed by atoms with Gasteiger partial charge >= 0.3 is 0 Å². The summed E-state index contributed by atoms with van der Waals surface area (Å²) in [6.45, 7) is 7.94. The highest BCUT2D eigenvalue weighted by molar-refractivity contribution is 6.13. The number of halogens is 1. The second kappa shape index (κ2) is 8.40. The Kier molecular flexibility index (Phi) is 5.41. The van der Waals surface area contributed by atoms with Crippen LogP contribution in [0.2, 0.25) is 0 Å². The van der Waals surface area contributed by atoms with Gasteiger partial charge in [0.1, 0.15) is 11.0 Å². The van der Waals surface area contributed by atoms with E-state index in [1.54, 1.807) is 35.3 Å². The minimum atomic E-state index is -0.491. The lowest BCUT2D eigenvalue weighted by Gasteiger charge is -2.38. The van der Waals surface area contributed by atoms with Crippen molar-refractivity contribution < 1.29 is 9.18 Å². The number of aryl methyl sites for hydroxylation is 1. The summed E-state index contributed by atoms with van der Waals surface area (Å²) in [5, 5.41) is 6.33. The third-order valence-electron chi connectivity index (χ3n) is 5.92. The van der Waals surface area contributed by atoms with Gasteiger partial charge in [-0.3, -0.25) is 14.8 Å². The molecule has 5 rings (SSSR count). The molecule has 1 aliphatic heterocycles. The summed E-state index contributed by atoms with van der Waals surface area (Å²) in [4.78, 5) is 28.7. The van der Waals surface area contributed by atoms with Crippen LogP contribution >= 0.6 is 0 Å². The molecule has 4 heterocycles. The van der Waals surface area contributed by atoms with Crippen LogP contribution in [-0.2, 0) is 6.42 Å². The highest BCUT2D eigenvalue weighted by Crippen LogP contribution is 2.29. The van der Waals surface area contributed by atoms with E-state index in [0.29, 0.717) is 40.8 Å². The van der Waals surface area contributed by atoms with Crippen molar-refractivity contribution in [3.8, 4) is 0 Å². The molecule has 170 valence electrons. The van der Waals surface area contributed by atoms with Crippen LogP contribution in [0.25, 0.3) is 16.7 Å². The van der Waals surface area contributed by atoms with Gasteiger partial charge < -0.3 is 19.9 Å². The molecule has 0 spiro atoms. The predicted molar refractivity (Wildman–Crippen MR) is 126 cm³/mol. The van der Waals surface area contributed by atoms with Gasteiger partial charge in [0.05, 0.1) is 22.6 Å². The van der Waals surface area contributed by atoms with Gasteiger partial charge in [-0.1, -0.05) is 6.92 Å². The van der Waals surface area contributed by atoms with Crippen LogP contribution in [0.5, 0.6) is 0 Å². The smallest absolute Gasteiger partial charge is 0.257 e. The molecule has 2 unspecified atom stereocenters. The SMILES string of the molecule is CCc1cn2cc(NC(=O)c3ccc(N4CC(C)NC(C)C4)c4nccnc34)cc(F)c2n1. The van der Waals surface area contributed by atoms with Crippen LogP contribution in [0.1, 0.15) is 36.8 Å². The Labute approximate surface area is 190 Å². The second-order valence-corrected chi connectivity index (χ2v) is 8.61. The standard InChI is InChI=1S/C24H26FN7O/c1-4-16-12-32-13-17(9-19(25)23(32)29-16)30-24(33)18-5-6-20(22-21(18)26-7-8-27-22)31-10-14(2)28-15(3)11-31/h5-9,12-15,28H,4,10-11H2,1-3H3,(H,30,33). The Morgan fingerprint density at radius 3 is 2.61 bits per heavy atom. The average molecular weight is 448 g/mol. The number of pyridine rings is 1. The highest BCUT2D eigenvalue weighted by Gasteiger charge is 2.24. The maximum absolute atomic E-state index is 14.6. The number of nitrogens with zero attached hydrogens (tertiary/aromatic N) is 5. The van der Waals surface area contributed by atoms with Crippen molar-refractivity contribution in [2.75, 3.05) is 23.3 Å². The molecule has 2 atom stereocenters. The molecule has 8 nitrogen and oxygen atoms in total. The Hall–Kier alpha value is -3.59. The first kappa shape index (κ1) is 21.3. The Bertz CT molecular complexity index is 1340. The third kappa shape index (κ3) is 4.00. The molecule has 1 aromatic carbocycles. The fraction of sp³-hybridized carbons (Fsp3) is 0.333. The number of rotatable bonds is 4. The zero-order chi connectivity index (χ0) is 23.1. The van der Waals surface area contributed by atoms with Gasteiger partial charge in [-0.15, -0.1) is 0 Å². The van der Waals surface area contributed by atoms with E-state index in [1.807, 2.05) is 13.0 Å². The molecule has 0 aliphatic carbocycles. The maximum atomic E-state index is 14.6. The van der Waals surface area contributed by atoms with E-state index in [4.69, 9.17) is 0 Å². The highest BCUT2D eigenvalue weighted by atomic mass is 19.1. The number of fused-ring (bicyclic) bond motifs is 2. The van der Waals surface area contributed by atoms with E-state index in [2.05, 4.69) is 44.3 Å². The van der Waals surface area contributed by atoms with Gasteiger partial charge in [0.15, 0.2) is 11.5 Å². The summed E-state index contributed by atoms with van der Waals surface area (Å²) in [6, 6.07) is 5.64. The number of imidazole rings is 1. The van der Waals surface area contributed by atoms with Crippen LogP contribution < -0.4 is 15.5 Å². The number of benzene rings is 1. The minimum absolute atomic E-state index is 0.241. The summed E-state index contributed by atoms with van der Waals surface area (Å²) in [5.41, 5.74) is 3.90. The first-order valence-electron chi connectivity index (χ1n) is 11.2. The lowest BCUT2D eigenvalue weighted by Crippen LogP contribution is -2.54. The van der Waals surface area contributed by atoms with Gasteiger partial charge in [-0.2, -0.15) is 0 Å². The van der Waals surface area contributed by atoms with E-state index < -0.39 is 5.82 Å². The van der Waals surface area contributed by atoms with Crippen LogP contribution in [0.3, 0.4) is 0 Å². The zero-order valence-corrected chi connectivity index (χ0v) is 18.8. The molecule has 0 saturated carbocycles. The number of piperazine rings is 1. The molecule has 1 aliphatic rings. The summed E-state index contributed by atoms with van der Waals surface area (Å²) >= 11 is 0. The molecule has 1 amide bonds. The van der Waals surface area contributed by atoms with Gasteiger partial charge in [-0.05, 0) is 32.4 Å². The number of aromatic nitrogens is 4. The Morgan fingerprint density at radius 2 is 1.88 bits per heavy atom. The summed E-state index contributed by atoms with van der Waals surface area (Å²) in [7, 11) is 0. The van der Waals surface area contributed by atoms with Crippen molar-refractivity contribution in [2.24, 2.45) is 0 Å². The zero-order valence-electron chi connectivity index (χ0n) is 18.8. The molecule has 9 heteroatoms. The van der Waals surface area contributed by atoms with E-state index in [-0.39, 0.29) is 11.6 Å². The molecule has 4 aromatic rings. The van der Waals surface area contributed by atoms with Crippen LogP contribution in [0.15, 0.2) is 43.0 Å². The van der Waals surface area contributed by atoms with Crippen molar-refractivity contribution in [3.63, 3.8) is 0 Å². The Balaban J connectivity index is 1.49. The third-order valence-corrected chi connectivity index (χ3v) is 5.92. The number of hydrogen-bond acceptors (Lipinski definition) is 6. The van der Waals surface area contributed by atoms with Gasteiger partial charge in [0.2, 0.25) is 0 Å². The van der Waals surface area contributed by atoms with Gasteiger partial charge in [0, 0.05) is 56.0 Å². The maximum Gasteiger partial charge on any atom is 0.257 e.